The van der Waals surface area contributed by atoms with Crippen molar-refractivity contribution in [1.29, 1.82) is 0 Å². The van der Waals surface area contributed by atoms with Crippen molar-refractivity contribution >= 4 is 17.4 Å². The Balaban J connectivity index is 2.25. The second kappa shape index (κ2) is 5.32. The minimum Gasteiger partial charge on any atom is -0.294 e. The molecule has 0 saturated carbocycles. The zero-order valence-corrected chi connectivity index (χ0v) is 10.7. The van der Waals surface area contributed by atoms with Crippen molar-refractivity contribution in [3.05, 3.63) is 70.0 Å². The van der Waals surface area contributed by atoms with Gasteiger partial charge in [-0.25, -0.2) is 4.39 Å². The van der Waals surface area contributed by atoms with Crippen molar-refractivity contribution in [2.24, 2.45) is 0 Å². The molecule has 1 nitrogen and oxygen atoms in total. The van der Waals surface area contributed by atoms with Crippen molar-refractivity contribution in [2.45, 2.75) is 13.3 Å². The van der Waals surface area contributed by atoms with Crippen LogP contribution in [0.15, 0.2) is 42.5 Å². The van der Waals surface area contributed by atoms with E-state index in [2.05, 4.69) is 0 Å². The zero-order chi connectivity index (χ0) is 13.1. The fraction of sp³-hybridized carbons (Fsp3) is 0.133. The summed E-state index contributed by atoms with van der Waals surface area (Å²) >= 11 is 6.09. The Morgan fingerprint density at radius 1 is 1.22 bits per heavy atom. The van der Waals surface area contributed by atoms with Crippen LogP contribution in [-0.2, 0) is 6.42 Å². The van der Waals surface area contributed by atoms with Crippen molar-refractivity contribution < 1.29 is 9.18 Å². The van der Waals surface area contributed by atoms with E-state index in [1.54, 1.807) is 24.3 Å². The predicted molar refractivity (Wildman–Crippen MR) is 70.6 cm³/mol. The van der Waals surface area contributed by atoms with Crippen LogP contribution in [0.4, 0.5) is 4.39 Å². The third-order valence-corrected chi connectivity index (χ3v) is 3.25. The molecule has 0 bridgehead atoms. The number of carbonyl (C=O) groups excluding carboxylic acids is 1. The first-order valence-corrected chi connectivity index (χ1v) is 5.98. The molecule has 0 saturated heterocycles. The number of rotatable bonds is 3. The molecule has 0 N–H and O–H groups in total. The monoisotopic (exact) mass is 262 g/mol. The lowest BCUT2D eigenvalue weighted by Gasteiger charge is -2.06. The van der Waals surface area contributed by atoms with Gasteiger partial charge >= 0.3 is 0 Å². The Hall–Kier alpha value is -1.67. The molecular weight excluding hydrogens is 251 g/mol. The van der Waals surface area contributed by atoms with Gasteiger partial charge in [-0.3, -0.25) is 4.79 Å². The van der Waals surface area contributed by atoms with Gasteiger partial charge in [0, 0.05) is 12.0 Å². The standard InChI is InChI=1S/C15H12ClFO/c1-10-4-2-7-13(15(10)16)14(18)9-11-5-3-6-12(17)8-11/h2-8H,9H2,1H3. The molecule has 0 aliphatic heterocycles. The molecule has 2 aromatic carbocycles. The van der Waals surface area contributed by atoms with Gasteiger partial charge in [-0.05, 0) is 36.2 Å². The van der Waals surface area contributed by atoms with Crippen LogP contribution in [0.3, 0.4) is 0 Å². The van der Waals surface area contributed by atoms with Crippen molar-refractivity contribution in [1.82, 2.24) is 0 Å². The fourth-order valence-corrected chi connectivity index (χ4v) is 2.02. The highest BCUT2D eigenvalue weighted by atomic mass is 35.5. The Morgan fingerprint density at radius 3 is 2.67 bits per heavy atom. The highest BCUT2D eigenvalue weighted by molar-refractivity contribution is 6.34. The molecule has 0 aromatic heterocycles. The van der Waals surface area contributed by atoms with Gasteiger partial charge in [0.1, 0.15) is 5.82 Å². The number of aryl methyl sites for hydroxylation is 1. The molecular formula is C15H12ClFO. The average molecular weight is 263 g/mol. The van der Waals surface area contributed by atoms with Crippen LogP contribution in [0.1, 0.15) is 21.5 Å². The first-order chi connectivity index (χ1) is 8.58. The van der Waals surface area contributed by atoms with E-state index in [-0.39, 0.29) is 18.0 Å². The maximum absolute atomic E-state index is 13.0. The molecule has 2 aromatic rings. The molecule has 0 aliphatic rings. The molecule has 0 aliphatic carbocycles. The van der Waals surface area contributed by atoms with E-state index in [1.807, 2.05) is 13.0 Å². The van der Waals surface area contributed by atoms with Crippen LogP contribution in [0, 0.1) is 12.7 Å². The number of carbonyl (C=O) groups is 1. The molecule has 92 valence electrons. The number of ketones is 1. The summed E-state index contributed by atoms with van der Waals surface area (Å²) in [7, 11) is 0. The summed E-state index contributed by atoms with van der Waals surface area (Å²) in [6.07, 6.45) is 0.154. The summed E-state index contributed by atoms with van der Waals surface area (Å²) in [5.74, 6) is -0.440. The van der Waals surface area contributed by atoms with Crippen LogP contribution >= 0.6 is 11.6 Å². The molecule has 3 heteroatoms. The van der Waals surface area contributed by atoms with Crippen molar-refractivity contribution in [3.63, 3.8) is 0 Å². The summed E-state index contributed by atoms with van der Waals surface area (Å²) in [5, 5.41) is 0.471. The molecule has 2 rings (SSSR count). The summed E-state index contributed by atoms with van der Waals surface area (Å²) in [4.78, 5) is 12.1. The quantitative estimate of drug-likeness (QED) is 0.757. The van der Waals surface area contributed by atoms with Gasteiger partial charge in [0.05, 0.1) is 5.02 Å². The second-order valence-corrected chi connectivity index (χ2v) is 4.54. The minimum atomic E-state index is -0.337. The third-order valence-electron chi connectivity index (χ3n) is 2.75. The van der Waals surface area contributed by atoms with Gasteiger partial charge in [0.15, 0.2) is 5.78 Å². The Labute approximate surface area is 110 Å². The van der Waals surface area contributed by atoms with Crippen LogP contribution in [0.25, 0.3) is 0 Å². The first kappa shape index (κ1) is 12.8. The van der Waals surface area contributed by atoms with Crippen LogP contribution in [0.5, 0.6) is 0 Å². The van der Waals surface area contributed by atoms with Gasteiger partial charge in [0.2, 0.25) is 0 Å². The van der Waals surface area contributed by atoms with Crippen molar-refractivity contribution in [2.75, 3.05) is 0 Å². The van der Waals surface area contributed by atoms with E-state index in [4.69, 9.17) is 11.6 Å². The van der Waals surface area contributed by atoms with E-state index in [0.717, 1.165) is 5.56 Å². The molecule has 0 heterocycles. The van der Waals surface area contributed by atoms with E-state index >= 15 is 0 Å². The molecule has 0 fully saturated rings. The first-order valence-electron chi connectivity index (χ1n) is 5.60. The van der Waals surface area contributed by atoms with Gasteiger partial charge in [-0.2, -0.15) is 0 Å². The molecule has 0 amide bonds. The van der Waals surface area contributed by atoms with Gasteiger partial charge in [-0.15, -0.1) is 0 Å². The topological polar surface area (TPSA) is 17.1 Å². The summed E-state index contributed by atoms with van der Waals surface area (Å²) < 4.78 is 13.0. The number of hydrogen-bond acceptors (Lipinski definition) is 1. The second-order valence-electron chi connectivity index (χ2n) is 4.17. The average Bonchev–Trinajstić information content (AvgIpc) is 2.32. The maximum atomic E-state index is 13.0. The van der Waals surface area contributed by atoms with Crippen LogP contribution in [-0.4, -0.2) is 5.78 Å². The normalized spacial score (nSPS) is 10.4. The molecule has 0 atom stereocenters. The summed E-state index contributed by atoms with van der Waals surface area (Å²) in [6.45, 7) is 1.85. The van der Waals surface area contributed by atoms with Gasteiger partial charge < -0.3 is 0 Å². The van der Waals surface area contributed by atoms with Crippen LogP contribution in [0.2, 0.25) is 5.02 Å². The van der Waals surface area contributed by atoms with E-state index in [9.17, 15) is 9.18 Å². The molecule has 0 unspecified atom stereocenters. The zero-order valence-electron chi connectivity index (χ0n) is 9.91. The smallest absolute Gasteiger partial charge is 0.168 e. The summed E-state index contributed by atoms with van der Waals surface area (Å²) in [5.41, 5.74) is 2.00. The highest BCUT2D eigenvalue weighted by Crippen LogP contribution is 2.22. The summed E-state index contributed by atoms with van der Waals surface area (Å²) in [6, 6.07) is 11.4. The Morgan fingerprint density at radius 2 is 1.94 bits per heavy atom. The largest absolute Gasteiger partial charge is 0.294 e. The van der Waals surface area contributed by atoms with Gasteiger partial charge in [-0.1, -0.05) is 35.9 Å². The fourth-order valence-electron chi connectivity index (χ4n) is 1.79. The Bertz CT molecular complexity index is 593. The minimum absolute atomic E-state index is 0.102. The molecule has 0 spiro atoms. The SMILES string of the molecule is Cc1cccc(C(=O)Cc2cccc(F)c2)c1Cl. The van der Waals surface area contributed by atoms with Crippen molar-refractivity contribution in [3.8, 4) is 0 Å². The third kappa shape index (κ3) is 2.77. The lowest BCUT2D eigenvalue weighted by molar-refractivity contribution is 0.0993. The van der Waals surface area contributed by atoms with Gasteiger partial charge in [0.25, 0.3) is 0 Å². The predicted octanol–water partition coefficient (Wildman–Crippen LogP) is 4.21. The van der Waals surface area contributed by atoms with E-state index < -0.39 is 0 Å². The number of Topliss-reactive ketones (excluding diaryl/α,β-unsaturated/α-hetero) is 1. The lowest BCUT2D eigenvalue weighted by atomic mass is 10.0. The molecule has 0 radical (unpaired) electrons. The number of benzene rings is 2. The van der Waals surface area contributed by atoms with Crippen LogP contribution < -0.4 is 0 Å². The number of hydrogen-bond donors (Lipinski definition) is 0. The maximum Gasteiger partial charge on any atom is 0.168 e. The van der Waals surface area contributed by atoms with E-state index in [0.29, 0.717) is 16.1 Å². The Kier molecular flexibility index (Phi) is 3.78. The lowest BCUT2D eigenvalue weighted by Crippen LogP contribution is -2.05. The highest BCUT2D eigenvalue weighted by Gasteiger charge is 2.12. The van der Waals surface area contributed by atoms with E-state index in [1.165, 1.54) is 12.1 Å². The molecule has 18 heavy (non-hydrogen) atoms. The number of halogens is 2.